The van der Waals surface area contributed by atoms with Gasteiger partial charge in [0.2, 0.25) is 0 Å². The monoisotopic (exact) mass is 209 g/mol. The Kier molecular flexibility index (Phi) is 3.24. The molecule has 0 bridgehead atoms. The van der Waals surface area contributed by atoms with E-state index in [0.29, 0.717) is 0 Å². The third-order valence-electron chi connectivity index (χ3n) is 3.40. The van der Waals surface area contributed by atoms with Crippen LogP contribution in [0.1, 0.15) is 31.6 Å². The van der Waals surface area contributed by atoms with Crippen molar-refractivity contribution in [1.82, 2.24) is 5.32 Å². The van der Waals surface area contributed by atoms with Gasteiger partial charge in [-0.1, -0.05) is 19.9 Å². The molecule has 2 heteroatoms. The van der Waals surface area contributed by atoms with E-state index in [2.05, 4.69) is 36.7 Å². The molecule has 1 aromatic rings. The second-order valence-electron chi connectivity index (χ2n) is 4.52. The molecule has 0 radical (unpaired) electrons. The van der Waals surface area contributed by atoms with Crippen molar-refractivity contribution in [1.29, 1.82) is 0 Å². The molecule has 14 heavy (non-hydrogen) atoms. The molecule has 1 heterocycles. The molecule has 0 saturated heterocycles. The van der Waals surface area contributed by atoms with E-state index in [4.69, 9.17) is 0 Å². The lowest BCUT2D eigenvalue weighted by Gasteiger charge is -2.21. The number of rotatable bonds is 3. The number of hydrogen-bond donors (Lipinski definition) is 1. The van der Waals surface area contributed by atoms with E-state index >= 15 is 0 Å². The molecule has 2 rings (SSSR count). The minimum atomic E-state index is 0.733. The molecule has 1 nitrogen and oxygen atoms in total. The van der Waals surface area contributed by atoms with Gasteiger partial charge in [-0.15, -0.1) is 11.3 Å². The van der Waals surface area contributed by atoms with Crippen LogP contribution in [-0.4, -0.2) is 6.04 Å². The summed E-state index contributed by atoms with van der Waals surface area (Å²) in [6.07, 6.45) is 2.78. The van der Waals surface area contributed by atoms with Crippen LogP contribution in [0.25, 0.3) is 0 Å². The summed E-state index contributed by atoms with van der Waals surface area (Å²) in [6.45, 7) is 5.79. The molecule has 2 atom stereocenters. The van der Waals surface area contributed by atoms with Gasteiger partial charge >= 0.3 is 0 Å². The van der Waals surface area contributed by atoms with E-state index in [1.165, 1.54) is 17.7 Å². The minimum absolute atomic E-state index is 0.733. The maximum Gasteiger partial charge on any atom is 0.0302 e. The topological polar surface area (TPSA) is 12.0 Å². The largest absolute Gasteiger partial charge is 0.309 e. The van der Waals surface area contributed by atoms with Gasteiger partial charge in [0.05, 0.1) is 0 Å². The second-order valence-corrected chi connectivity index (χ2v) is 5.55. The van der Waals surface area contributed by atoms with Crippen LogP contribution >= 0.6 is 11.3 Å². The molecule has 1 fully saturated rings. The van der Waals surface area contributed by atoms with Crippen molar-refractivity contribution in [2.45, 2.75) is 39.3 Å². The molecule has 1 N–H and O–H groups in total. The predicted molar refractivity (Wildman–Crippen MR) is 62.5 cm³/mol. The molecule has 0 aliphatic heterocycles. The summed E-state index contributed by atoms with van der Waals surface area (Å²) in [7, 11) is 0. The van der Waals surface area contributed by atoms with Gasteiger partial charge in [-0.05, 0) is 36.1 Å². The van der Waals surface area contributed by atoms with Crippen LogP contribution in [0.2, 0.25) is 0 Å². The summed E-state index contributed by atoms with van der Waals surface area (Å²) in [6, 6.07) is 5.07. The molecule has 0 aromatic carbocycles. The van der Waals surface area contributed by atoms with Gasteiger partial charge in [0.25, 0.3) is 0 Å². The Morgan fingerprint density at radius 3 is 2.64 bits per heavy atom. The van der Waals surface area contributed by atoms with Crippen molar-refractivity contribution in [3.8, 4) is 0 Å². The molecule has 78 valence electrons. The maximum atomic E-state index is 3.69. The molecule has 1 saturated carbocycles. The molecule has 0 spiro atoms. The summed E-state index contributed by atoms with van der Waals surface area (Å²) in [4.78, 5) is 1.45. The van der Waals surface area contributed by atoms with Gasteiger partial charge in [0.1, 0.15) is 0 Å². The first-order valence-electron chi connectivity index (χ1n) is 5.53. The average molecular weight is 209 g/mol. The fourth-order valence-electron chi connectivity index (χ4n) is 2.48. The van der Waals surface area contributed by atoms with E-state index < -0.39 is 0 Å². The number of thiophene rings is 1. The Hall–Kier alpha value is -0.340. The van der Waals surface area contributed by atoms with Gasteiger partial charge in [0.15, 0.2) is 0 Å². The average Bonchev–Trinajstić information content (AvgIpc) is 2.76. The first-order chi connectivity index (χ1) is 6.77. The second kappa shape index (κ2) is 4.45. The van der Waals surface area contributed by atoms with E-state index in [1.807, 2.05) is 11.3 Å². The van der Waals surface area contributed by atoms with Crippen LogP contribution in [-0.2, 0) is 6.54 Å². The van der Waals surface area contributed by atoms with Crippen molar-refractivity contribution in [2.24, 2.45) is 11.8 Å². The standard InChI is InChI=1S/C12H19NS/c1-9-5-6-10(2)12(9)13-8-11-4-3-7-14-11/h3-4,7,9-10,12-13H,5-6,8H2,1-2H3. The lowest BCUT2D eigenvalue weighted by Crippen LogP contribution is -2.34. The summed E-state index contributed by atoms with van der Waals surface area (Å²) in [5.41, 5.74) is 0. The molecule has 0 amide bonds. The zero-order chi connectivity index (χ0) is 9.97. The number of hydrogen-bond acceptors (Lipinski definition) is 2. The first-order valence-corrected chi connectivity index (χ1v) is 6.41. The van der Waals surface area contributed by atoms with Crippen LogP contribution < -0.4 is 5.32 Å². The Bertz CT molecular complexity index is 258. The minimum Gasteiger partial charge on any atom is -0.309 e. The Morgan fingerprint density at radius 2 is 2.07 bits per heavy atom. The normalized spacial score (nSPS) is 32.3. The molecule has 1 aliphatic rings. The van der Waals surface area contributed by atoms with Crippen LogP contribution in [0.4, 0.5) is 0 Å². The summed E-state index contributed by atoms with van der Waals surface area (Å²) in [5, 5.41) is 5.85. The van der Waals surface area contributed by atoms with E-state index in [0.717, 1.165) is 24.4 Å². The zero-order valence-corrected chi connectivity index (χ0v) is 9.81. The summed E-state index contributed by atoms with van der Waals surface area (Å²) >= 11 is 1.85. The summed E-state index contributed by atoms with van der Waals surface area (Å²) < 4.78 is 0. The van der Waals surface area contributed by atoms with E-state index in [-0.39, 0.29) is 0 Å². The highest BCUT2D eigenvalue weighted by atomic mass is 32.1. The van der Waals surface area contributed by atoms with Crippen LogP contribution in [0.3, 0.4) is 0 Å². The fourth-order valence-corrected chi connectivity index (χ4v) is 3.14. The van der Waals surface area contributed by atoms with Crippen LogP contribution in [0.15, 0.2) is 17.5 Å². The molecular formula is C12H19NS. The third-order valence-corrected chi connectivity index (χ3v) is 4.27. The highest BCUT2D eigenvalue weighted by molar-refractivity contribution is 7.09. The lowest BCUT2D eigenvalue weighted by atomic mass is 10.0. The number of nitrogens with one attached hydrogen (secondary N) is 1. The van der Waals surface area contributed by atoms with Crippen molar-refractivity contribution in [3.63, 3.8) is 0 Å². The molecule has 1 aliphatic carbocycles. The van der Waals surface area contributed by atoms with Gasteiger partial charge in [0, 0.05) is 17.5 Å². The molecular weight excluding hydrogens is 190 g/mol. The van der Waals surface area contributed by atoms with Gasteiger partial charge in [-0.3, -0.25) is 0 Å². The van der Waals surface area contributed by atoms with Crippen molar-refractivity contribution in [2.75, 3.05) is 0 Å². The molecule has 2 unspecified atom stereocenters. The third kappa shape index (κ3) is 2.18. The summed E-state index contributed by atoms with van der Waals surface area (Å²) in [5.74, 6) is 1.70. The van der Waals surface area contributed by atoms with Crippen LogP contribution in [0.5, 0.6) is 0 Å². The first kappa shape index (κ1) is 10.2. The van der Waals surface area contributed by atoms with Gasteiger partial charge in [-0.2, -0.15) is 0 Å². The molecule has 1 aromatic heterocycles. The van der Waals surface area contributed by atoms with Crippen LogP contribution in [0, 0.1) is 11.8 Å². The Morgan fingerprint density at radius 1 is 1.36 bits per heavy atom. The lowest BCUT2D eigenvalue weighted by molar-refractivity contribution is 0.366. The smallest absolute Gasteiger partial charge is 0.0302 e. The highest BCUT2D eigenvalue weighted by Gasteiger charge is 2.29. The zero-order valence-electron chi connectivity index (χ0n) is 8.99. The quantitative estimate of drug-likeness (QED) is 0.805. The van der Waals surface area contributed by atoms with Crippen molar-refractivity contribution >= 4 is 11.3 Å². The van der Waals surface area contributed by atoms with E-state index in [9.17, 15) is 0 Å². The Balaban J connectivity index is 1.85. The van der Waals surface area contributed by atoms with Gasteiger partial charge in [-0.25, -0.2) is 0 Å². The van der Waals surface area contributed by atoms with Crippen molar-refractivity contribution in [3.05, 3.63) is 22.4 Å². The maximum absolute atomic E-state index is 3.69. The Labute approximate surface area is 90.5 Å². The predicted octanol–water partition coefficient (Wildman–Crippen LogP) is 3.27. The van der Waals surface area contributed by atoms with Gasteiger partial charge < -0.3 is 5.32 Å². The highest BCUT2D eigenvalue weighted by Crippen LogP contribution is 2.30. The fraction of sp³-hybridized carbons (Fsp3) is 0.667. The van der Waals surface area contributed by atoms with Crippen molar-refractivity contribution < 1.29 is 0 Å². The van der Waals surface area contributed by atoms with E-state index in [1.54, 1.807) is 0 Å². The SMILES string of the molecule is CC1CCC(C)C1NCc1cccs1.